The van der Waals surface area contributed by atoms with Crippen molar-refractivity contribution in [3.05, 3.63) is 0 Å². The molecule has 0 aromatic carbocycles. The summed E-state index contributed by atoms with van der Waals surface area (Å²) in [5.74, 6) is 0.903. The molecule has 2 saturated heterocycles. The topological polar surface area (TPSA) is 0 Å². The van der Waals surface area contributed by atoms with E-state index in [0.717, 1.165) is 25.7 Å². The van der Waals surface area contributed by atoms with E-state index in [4.69, 9.17) is 0 Å². The Bertz CT molecular complexity index is 104. The third-order valence-electron chi connectivity index (χ3n) is 3.20. The van der Waals surface area contributed by atoms with Crippen molar-refractivity contribution in [1.82, 2.24) is 0 Å². The molecule has 0 radical (unpaired) electrons. The van der Waals surface area contributed by atoms with Crippen molar-refractivity contribution in [2.45, 2.75) is 50.2 Å². The number of hydrogen-bond donors (Lipinski definition) is 0. The summed E-state index contributed by atoms with van der Waals surface area (Å²) < 4.78 is 13.3. The molecular formula is C8H14BF. The van der Waals surface area contributed by atoms with Crippen molar-refractivity contribution in [1.29, 1.82) is 0 Å². The minimum atomic E-state index is -0.428. The van der Waals surface area contributed by atoms with Gasteiger partial charge in [0.05, 0.1) is 0 Å². The Hall–Kier alpha value is -0.00506. The van der Waals surface area contributed by atoms with Gasteiger partial charge in [0.25, 0.3) is 0 Å². The molecule has 2 aliphatic heterocycles. The highest BCUT2D eigenvalue weighted by Gasteiger charge is 2.40. The normalized spacial score (nSPS) is 39.9. The zero-order valence-electron chi connectivity index (χ0n) is 6.35. The second-order valence-corrected chi connectivity index (χ2v) is 3.83. The summed E-state index contributed by atoms with van der Waals surface area (Å²) in [6.07, 6.45) is 7.23. The molecule has 56 valence electrons. The van der Waals surface area contributed by atoms with Crippen molar-refractivity contribution in [3.63, 3.8) is 0 Å². The van der Waals surface area contributed by atoms with E-state index in [1.807, 2.05) is 0 Å². The molecule has 10 heavy (non-hydrogen) atoms. The average molecular weight is 140 g/mol. The maximum Gasteiger partial charge on any atom is 0.354 e. The Kier molecular flexibility index (Phi) is 1.71. The highest BCUT2D eigenvalue weighted by atomic mass is 19.1. The van der Waals surface area contributed by atoms with Crippen LogP contribution in [0, 0.1) is 0 Å². The molecule has 0 N–H and O–H groups in total. The van der Waals surface area contributed by atoms with E-state index in [9.17, 15) is 4.32 Å². The first-order chi connectivity index (χ1) is 4.88. The molecule has 0 aromatic rings. The first-order valence-electron chi connectivity index (χ1n) is 4.52. The summed E-state index contributed by atoms with van der Waals surface area (Å²) in [7, 11) is 0. The maximum absolute atomic E-state index is 13.3. The molecule has 0 amide bonds. The van der Waals surface area contributed by atoms with Crippen LogP contribution < -0.4 is 0 Å². The highest BCUT2D eigenvalue weighted by molar-refractivity contribution is 6.55. The predicted octanol–water partition coefficient (Wildman–Crippen LogP) is 3.06. The highest BCUT2D eigenvalue weighted by Crippen LogP contribution is 2.46. The van der Waals surface area contributed by atoms with Crippen molar-refractivity contribution in [2.75, 3.05) is 0 Å². The van der Waals surface area contributed by atoms with E-state index in [1.165, 1.54) is 12.8 Å². The zero-order valence-corrected chi connectivity index (χ0v) is 6.35. The van der Waals surface area contributed by atoms with E-state index in [1.54, 1.807) is 0 Å². The van der Waals surface area contributed by atoms with E-state index in [-0.39, 0.29) is 0 Å². The number of fused-ring (bicyclic) bond motifs is 2. The largest absolute Gasteiger partial charge is 0.354 e. The van der Waals surface area contributed by atoms with Gasteiger partial charge in [-0.2, -0.15) is 0 Å². The number of halogens is 1. The number of rotatable bonds is 0. The summed E-state index contributed by atoms with van der Waals surface area (Å²) in [5, 5.41) is 0. The van der Waals surface area contributed by atoms with Gasteiger partial charge in [0.2, 0.25) is 0 Å². The summed E-state index contributed by atoms with van der Waals surface area (Å²) in [6, 6.07) is 0. The van der Waals surface area contributed by atoms with Crippen molar-refractivity contribution >= 4 is 6.99 Å². The molecule has 0 unspecified atom stereocenters. The Balaban J connectivity index is 2.05. The molecule has 2 fully saturated rings. The van der Waals surface area contributed by atoms with Crippen LogP contribution in [0.1, 0.15) is 38.5 Å². The summed E-state index contributed by atoms with van der Waals surface area (Å²) in [6.45, 7) is -0.428. The van der Waals surface area contributed by atoms with Crippen LogP contribution in [0.25, 0.3) is 0 Å². The second kappa shape index (κ2) is 2.56. The minimum Gasteiger partial charge on any atom is -0.336 e. The van der Waals surface area contributed by atoms with Crippen LogP contribution in [0.4, 0.5) is 4.32 Å². The van der Waals surface area contributed by atoms with Crippen LogP contribution in [-0.4, -0.2) is 6.99 Å². The molecule has 0 aliphatic carbocycles. The Morgan fingerprint density at radius 2 is 1.30 bits per heavy atom. The molecule has 0 atom stereocenters. The lowest BCUT2D eigenvalue weighted by Gasteiger charge is -2.35. The molecular weight excluding hydrogens is 126 g/mol. The lowest BCUT2D eigenvalue weighted by molar-refractivity contribution is 0.415. The molecule has 2 rings (SSSR count). The van der Waals surface area contributed by atoms with Crippen LogP contribution in [0.15, 0.2) is 0 Å². The van der Waals surface area contributed by atoms with Gasteiger partial charge in [-0.25, -0.2) is 0 Å². The van der Waals surface area contributed by atoms with E-state index < -0.39 is 6.99 Å². The molecule has 2 heterocycles. The Labute approximate surface area is 62.3 Å². The van der Waals surface area contributed by atoms with Gasteiger partial charge < -0.3 is 4.32 Å². The zero-order chi connectivity index (χ0) is 6.97. The molecule has 2 aliphatic rings. The first-order valence-corrected chi connectivity index (χ1v) is 4.52. The van der Waals surface area contributed by atoms with Gasteiger partial charge in [0.15, 0.2) is 0 Å². The van der Waals surface area contributed by atoms with Crippen LogP contribution >= 0.6 is 0 Å². The molecule has 0 nitrogen and oxygen atoms in total. The Morgan fingerprint density at radius 3 is 1.60 bits per heavy atom. The van der Waals surface area contributed by atoms with Gasteiger partial charge in [0.1, 0.15) is 0 Å². The number of hydrogen-bond acceptors (Lipinski definition) is 0. The maximum atomic E-state index is 13.3. The lowest BCUT2D eigenvalue weighted by atomic mass is 9.40. The quantitative estimate of drug-likeness (QED) is 0.453. The van der Waals surface area contributed by atoms with E-state index >= 15 is 0 Å². The fourth-order valence-electron chi connectivity index (χ4n) is 2.59. The molecule has 0 spiro atoms. The molecule has 2 bridgehead atoms. The van der Waals surface area contributed by atoms with Gasteiger partial charge in [-0.1, -0.05) is 38.5 Å². The fourth-order valence-corrected chi connectivity index (χ4v) is 2.59. The summed E-state index contributed by atoms with van der Waals surface area (Å²) >= 11 is 0. The van der Waals surface area contributed by atoms with E-state index in [2.05, 4.69) is 0 Å². The molecule has 0 aromatic heterocycles. The van der Waals surface area contributed by atoms with Crippen LogP contribution in [-0.2, 0) is 0 Å². The summed E-state index contributed by atoms with van der Waals surface area (Å²) in [4.78, 5) is 0. The van der Waals surface area contributed by atoms with Crippen molar-refractivity contribution in [2.24, 2.45) is 0 Å². The molecule has 2 heteroatoms. The standard InChI is InChI=1S/C8H14BF/c10-9-7-3-1-4-8(9)6-2-5-7/h7-8H,1-6H2. The van der Waals surface area contributed by atoms with Gasteiger partial charge in [-0.05, 0) is 11.6 Å². The monoisotopic (exact) mass is 140 g/mol. The lowest BCUT2D eigenvalue weighted by Crippen LogP contribution is -2.30. The minimum absolute atomic E-state index is 0.428. The second-order valence-electron chi connectivity index (χ2n) is 3.83. The third kappa shape index (κ3) is 0.978. The fraction of sp³-hybridized carbons (Fsp3) is 1.00. The smallest absolute Gasteiger partial charge is 0.336 e. The average Bonchev–Trinajstić information content (AvgIpc) is 1.86. The van der Waals surface area contributed by atoms with Crippen LogP contribution in [0.5, 0.6) is 0 Å². The summed E-state index contributed by atoms with van der Waals surface area (Å²) in [5.41, 5.74) is 0. The van der Waals surface area contributed by atoms with Gasteiger partial charge in [-0.15, -0.1) is 0 Å². The predicted molar refractivity (Wildman–Crippen MR) is 42.1 cm³/mol. The van der Waals surface area contributed by atoms with Crippen molar-refractivity contribution < 1.29 is 4.32 Å². The first kappa shape index (κ1) is 6.69. The Morgan fingerprint density at radius 1 is 0.900 bits per heavy atom. The molecule has 0 saturated carbocycles. The van der Waals surface area contributed by atoms with E-state index in [0.29, 0.717) is 11.6 Å². The SMILES string of the molecule is FB1C2CCCC1CCC2. The van der Waals surface area contributed by atoms with Crippen LogP contribution in [0.2, 0.25) is 11.6 Å². The van der Waals surface area contributed by atoms with Crippen molar-refractivity contribution in [3.8, 4) is 0 Å². The third-order valence-corrected chi connectivity index (χ3v) is 3.20. The van der Waals surface area contributed by atoms with Gasteiger partial charge >= 0.3 is 6.99 Å². The van der Waals surface area contributed by atoms with Gasteiger partial charge in [0, 0.05) is 0 Å². The van der Waals surface area contributed by atoms with Gasteiger partial charge in [-0.3, -0.25) is 0 Å². The van der Waals surface area contributed by atoms with Crippen LogP contribution in [0.3, 0.4) is 0 Å².